The van der Waals surface area contributed by atoms with Crippen LogP contribution in [0.2, 0.25) is 0 Å². The minimum absolute atomic E-state index is 0. The summed E-state index contributed by atoms with van der Waals surface area (Å²) in [6.07, 6.45) is 6.61. The molecule has 0 unspecified atom stereocenters. The van der Waals surface area contributed by atoms with Crippen LogP contribution >= 0.6 is 22.4 Å². The molecule has 2 aliphatic heterocycles. The molecule has 0 atom stereocenters. The standard InChI is InChI=1S/C29H34N2O8S3.Na.H/c1-29(2)22-18-20(30-27(33)19-40-16-15-32)12-13-23(22)31(14-7-17-41(35,36)37)26(29)11-6-5-10-25-28(34)21-8-3-4-9-24(21)42(25,38)39;;/h3-6,8-13,18,32,38-39H,7,14-17,19H2,1-2H3,(H,30,33)(H,35,36,37);;. The Kier molecular flexibility index (Phi) is 12.0. The summed E-state index contributed by atoms with van der Waals surface area (Å²) in [5.41, 5.74) is 2.79. The molecule has 2 aromatic rings. The number of allylic oxidation sites excluding steroid dienone is 6. The number of fused-ring (bicyclic) bond motifs is 2. The van der Waals surface area contributed by atoms with Crippen LogP contribution in [0.15, 0.2) is 82.3 Å². The maximum absolute atomic E-state index is 12.8. The molecule has 43 heavy (non-hydrogen) atoms. The van der Waals surface area contributed by atoms with Gasteiger partial charge >= 0.3 is 29.6 Å². The van der Waals surface area contributed by atoms with Gasteiger partial charge in [-0.05, 0) is 54.5 Å². The van der Waals surface area contributed by atoms with Gasteiger partial charge in [0.2, 0.25) is 11.7 Å². The molecule has 5 N–H and O–H groups in total. The van der Waals surface area contributed by atoms with Crippen molar-refractivity contribution >= 4 is 85.1 Å². The first-order valence-corrected chi connectivity index (χ1v) is 17.5. The first kappa shape index (κ1) is 35.6. The average molecular weight is 659 g/mol. The third kappa shape index (κ3) is 8.03. The van der Waals surface area contributed by atoms with Crippen molar-refractivity contribution in [2.75, 3.05) is 40.6 Å². The summed E-state index contributed by atoms with van der Waals surface area (Å²) in [6.45, 7) is 4.26. The van der Waals surface area contributed by atoms with Crippen molar-refractivity contribution < 1.29 is 36.8 Å². The summed E-state index contributed by atoms with van der Waals surface area (Å²) in [5, 5.41) is 11.8. The zero-order valence-electron chi connectivity index (χ0n) is 23.2. The fraction of sp³-hybridized carbons (Fsp3) is 0.310. The summed E-state index contributed by atoms with van der Waals surface area (Å²) in [7, 11) is -7.57. The van der Waals surface area contributed by atoms with E-state index in [9.17, 15) is 31.7 Å². The van der Waals surface area contributed by atoms with Gasteiger partial charge in [0.05, 0.1) is 23.0 Å². The Morgan fingerprint density at radius 3 is 2.49 bits per heavy atom. The first-order valence-electron chi connectivity index (χ1n) is 13.1. The number of amides is 1. The van der Waals surface area contributed by atoms with Crippen LogP contribution in [0.4, 0.5) is 11.4 Å². The summed E-state index contributed by atoms with van der Waals surface area (Å²) in [5.74, 6) is -0.383. The van der Waals surface area contributed by atoms with Gasteiger partial charge in [0.1, 0.15) is 4.91 Å². The van der Waals surface area contributed by atoms with Crippen molar-refractivity contribution in [3.63, 3.8) is 0 Å². The van der Waals surface area contributed by atoms with E-state index in [1.807, 2.05) is 37.0 Å². The molecule has 14 heteroatoms. The molecule has 0 saturated carbocycles. The number of ketones is 1. The van der Waals surface area contributed by atoms with Crippen LogP contribution < -0.4 is 10.2 Å². The minimum atomic E-state index is -4.15. The summed E-state index contributed by atoms with van der Waals surface area (Å²) >= 11 is 1.32. The Bertz CT molecular complexity index is 1590. The fourth-order valence-corrected chi connectivity index (χ4v) is 7.70. The van der Waals surface area contributed by atoms with E-state index in [1.165, 1.54) is 23.9 Å². The van der Waals surface area contributed by atoms with E-state index in [2.05, 4.69) is 5.32 Å². The average Bonchev–Trinajstić information content (AvgIpc) is 3.24. The summed E-state index contributed by atoms with van der Waals surface area (Å²) in [4.78, 5) is 27.2. The molecule has 0 radical (unpaired) electrons. The second kappa shape index (κ2) is 14.5. The molecule has 0 spiro atoms. The number of Topliss-reactive ketones (excluding diaryl/α,β-unsaturated/α-hetero) is 1. The summed E-state index contributed by atoms with van der Waals surface area (Å²) in [6, 6.07) is 11.9. The van der Waals surface area contributed by atoms with E-state index in [1.54, 1.807) is 36.4 Å². The Hall–Kier alpha value is -1.91. The topological polar surface area (TPSA) is 164 Å². The first-order chi connectivity index (χ1) is 19.8. The van der Waals surface area contributed by atoms with Gasteiger partial charge in [-0.25, -0.2) is 0 Å². The number of carbonyl (C=O) groups is 2. The molecular weight excluding hydrogens is 624 g/mol. The predicted molar refractivity (Wildman–Crippen MR) is 175 cm³/mol. The van der Waals surface area contributed by atoms with Crippen LogP contribution in [0.25, 0.3) is 0 Å². The van der Waals surface area contributed by atoms with Gasteiger partial charge in [-0.2, -0.15) is 8.42 Å². The Balaban J connectivity index is 0.00000506. The van der Waals surface area contributed by atoms with Gasteiger partial charge in [-0.3, -0.25) is 23.2 Å². The Labute approximate surface area is 279 Å². The third-order valence-corrected chi connectivity index (χ3v) is 10.7. The molecule has 0 aliphatic carbocycles. The second-order valence-corrected chi connectivity index (χ2v) is 15.0. The van der Waals surface area contributed by atoms with E-state index in [4.69, 9.17) is 5.11 Å². The van der Waals surface area contributed by atoms with Gasteiger partial charge in [0.15, 0.2) is 0 Å². The molecule has 0 aromatic heterocycles. The van der Waals surface area contributed by atoms with Crippen molar-refractivity contribution in [1.29, 1.82) is 0 Å². The third-order valence-electron chi connectivity index (χ3n) is 7.01. The van der Waals surface area contributed by atoms with Gasteiger partial charge in [0, 0.05) is 40.3 Å². The van der Waals surface area contributed by atoms with Crippen LogP contribution in [0.1, 0.15) is 36.2 Å². The second-order valence-electron chi connectivity index (χ2n) is 10.3. The number of rotatable bonds is 11. The number of thioether (sulfide) groups is 1. The Morgan fingerprint density at radius 2 is 1.81 bits per heavy atom. The molecule has 10 nitrogen and oxygen atoms in total. The van der Waals surface area contributed by atoms with Gasteiger partial charge < -0.3 is 15.3 Å². The predicted octanol–water partition coefficient (Wildman–Crippen LogP) is 4.41. The van der Waals surface area contributed by atoms with Crippen LogP contribution in [0, 0.1) is 0 Å². The molecule has 1 amide bonds. The number of aliphatic hydroxyl groups excluding tert-OH is 1. The number of nitrogens with zero attached hydrogens (tertiary/aromatic N) is 1. The van der Waals surface area contributed by atoms with E-state index < -0.39 is 37.7 Å². The van der Waals surface area contributed by atoms with Gasteiger partial charge in [-0.15, -0.1) is 22.4 Å². The van der Waals surface area contributed by atoms with Crippen LogP contribution in [0.5, 0.6) is 0 Å². The molecule has 2 aliphatic rings. The number of anilines is 2. The number of aliphatic hydroxyl groups is 1. The molecule has 228 valence electrons. The summed E-state index contributed by atoms with van der Waals surface area (Å²) < 4.78 is 53.5. The number of nitrogens with one attached hydrogen (secondary N) is 1. The van der Waals surface area contributed by atoms with Crippen molar-refractivity contribution in [2.45, 2.75) is 30.6 Å². The zero-order chi connectivity index (χ0) is 30.7. The number of benzene rings is 2. The number of hydrogen-bond donors (Lipinski definition) is 5. The molecule has 0 bridgehead atoms. The van der Waals surface area contributed by atoms with Crippen molar-refractivity contribution in [3.05, 3.63) is 88.5 Å². The van der Waals surface area contributed by atoms with Crippen molar-refractivity contribution in [2.24, 2.45) is 0 Å². The number of hydrogen-bond acceptors (Lipinski definition) is 9. The number of carbonyl (C=O) groups excluding carboxylic acids is 2. The fourth-order valence-electron chi connectivity index (χ4n) is 5.07. The van der Waals surface area contributed by atoms with Crippen LogP contribution in [-0.4, -0.2) is 98.8 Å². The van der Waals surface area contributed by atoms with E-state index in [0.717, 1.165) is 16.9 Å². The monoisotopic (exact) mass is 658 g/mol. The quantitative estimate of drug-likeness (QED) is 0.101. The zero-order valence-corrected chi connectivity index (χ0v) is 25.6. The van der Waals surface area contributed by atoms with E-state index in [0.29, 0.717) is 11.4 Å². The molecule has 2 heterocycles. The van der Waals surface area contributed by atoms with E-state index in [-0.39, 0.29) is 76.2 Å². The van der Waals surface area contributed by atoms with E-state index >= 15 is 0 Å². The molecule has 0 fully saturated rings. The molecule has 4 rings (SSSR count). The normalized spacial score (nSPS) is 19.4. The van der Waals surface area contributed by atoms with Crippen LogP contribution in [-0.2, 0) is 20.3 Å². The van der Waals surface area contributed by atoms with Gasteiger partial charge in [-0.1, -0.05) is 38.1 Å². The van der Waals surface area contributed by atoms with Crippen molar-refractivity contribution in [3.8, 4) is 0 Å². The molecule has 2 aromatic carbocycles. The van der Waals surface area contributed by atoms with Gasteiger partial charge in [0.25, 0.3) is 10.1 Å². The molecule has 0 saturated heterocycles. The van der Waals surface area contributed by atoms with Crippen molar-refractivity contribution in [1.82, 2.24) is 0 Å². The SMILES string of the molecule is CC1(C)C(=CC=CC=C2C(=O)c3ccccc3S2(O)O)N(CCCS(=O)(=O)O)c2ccc(NC(=O)CSCCO)cc21.[NaH]. The Morgan fingerprint density at radius 1 is 1.12 bits per heavy atom. The van der Waals surface area contributed by atoms with Crippen LogP contribution in [0.3, 0.4) is 0 Å². The maximum atomic E-state index is 12.8. The molecular formula is C29H35N2NaO8S3.